The molecule has 8 heteroatoms. The molecule has 0 atom stereocenters. The summed E-state index contributed by atoms with van der Waals surface area (Å²) in [4.78, 5) is 37.4. The van der Waals surface area contributed by atoms with E-state index >= 15 is 0 Å². The highest BCUT2D eigenvalue weighted by Gasteiger charge is 2.26. The Labute approximate surface area is 132 Å². The second kappa shape index (κ2) is 6.95. The number of carbonyl (C=O) groups excluding carboxylic acids is 2. The van der Waals surface area contributed by atoms with Crippen molar-refractivity contribution in [3.05, 3.63) is 20.2 Å². The van der Waals surface area contributed by atoms with Crippen LogP contribution < -0.4 is 10.2 Å². The number of nitrogens with one attached hydrogen (secondary N) is 1. The number of aromatic nitrogens is 1. The summed E-state index contributed by atoms with van der Waals surface area (Å²) >= 11 is 0.961. The first kappa shape index (κ1) is 16.5. The van der Waals surface area contributed by atoms with Gasteiger partial charge in [-0.1, -0.05) is 11.3 Å². The van der Waals surface area contributed by atoms with Crippen LogP contribution in [0.1, 0.15) is 35.1 Å². The van der Waals surface area contributed by atoms with E-state index in [0.29, 0.717) is 43.1 Å². The summed E-state index contributed by atoms with van der Waals surface area (Å²) in [6, 6.07) is 0.0140. The van der Waals surface area contributed by atoms with E-state index in [-0.39, 0.29) is 22.9 Å². The average Bonchev–Trinajstić information content (AvgIpc) is 2.76. The normalized spacial score (nSPS) is 15.7. The van der Waals surface area contributed by atoms with Gasteiger partial charge in [0.1, 0.15) is 4.88 Å². The Kier molecular flexibility index (Phi) is 5.23. The van der Waals surface area contributed by atoms with Gasteiger partial charge in [0.2, 0.25) is 0 Å². The number of rotatable bonds is 3. The summed E-state index contributed by atoms with van der Waals surface area (Å²) in [6.07, 6.45) is 1.07. The molecule has 1 fully saturated rings. The molecule has 0 aromatic carbocycles. The number of piperidine rings is 1. The van der Waals surface area contributed by atoms with Crippen LogP contribution >= 0.6 is 11.3 Å². The number of likely N-dealkylation sites (tertiary alicyclic amines) is 1. The van der Waals surface area contributed by atoms with E-state index in [2.05, 4.69) is 5.32 Å². The molecule has 22 heavy (non-hydrogen) atoms. The van der Waals surface area contributed by atoms with Gasteiger partial charge in [0.25, 0.3) is 5.91 Å². The molecule has 0 unspecified atom stereocenters. The Balaban J connectivity index is 1.90. The molecule has 1 aromatic heterocycles. The zero-order chi connectivity index (χ0) is 16.3. The Morgan fingerprint density at radius 3 is 2.50 bits per heavy atom. The fourth-order valence-corrected chi connectivity index (χ4v) is 3.29. The lowest BCUT2D eigenvalue weighted by atomic mass is 10.1. The monoisotopic (exact) mass is 327 g/mol. The molecule has 122 valence electrons. The summed E-state index contributed by atoms with van der Waals surface area (Å²) in [7, 11) is 1.66. The number of ether oxygens (including phenoxy) is 1. The first-order valence-electron chi connectivity index (χ1n) is 7.33. The molecule has 2 heterocycles. The van der Waals surface area contributed by atoms with Gasteiger partial charge in [-0.3, -0.25) is 9.59 Å². The van der Waals surface area contributed by atoms with Crippen LogP contribution in [-0.4, -0.2) is 47.2 Å². The van der Waals surface area contributed by atoms with E-state index in [0.717, 1.165) is 11.3 Å². The third-order valence-electron chi connectivity index (χ3n) is 3.86. The summed E-state index contributed by atoms with van der Waals surface area (Å²) in [5.41, 5.74) is 0.677. The van der Waals surface area contributed by atoms with E-state index in [9.17, 15) is 14.4 Å². The molecule has 1 aliphatic rings. The molecule has 0 saturated carbocycles. The minimum atomic E-state index is -0.301. The lowest BCUT2D eigenvalue weighted by Crippen LogP contribution is -2.46. The van der Waals surface area contributed by atoms with Crippen LogP contribution in [-0.2, 0) is 11.8 Å². The highest BCUT2D eigenvalue weighted by molar-refractivity contribution is 7.11. The molecule has 1 N–H and O–H groups in total. The van der Waals surface area contributed by atoms with Gasteiger partial charge >= 0.3 is 11.0 Å². The summed E-state index contributed by atoms with van der Waals surface area (Å²) < 4.78 is 6.44. The number of nitrogens with zero attached hydrogens (tertiary/aromatic N) is 2. The number of thiazole rings is 1. The summed E-state index contributed by atoms with van der Waals surface area (Å²) in [5, 5.41) is 2.95. The molecule has 1 saturated heterocycles. The van der Waals surface area contributed by atoms with Crippen molar-refractivity contribution in [1.29, 1.82) is 0 Å². The molecule has 2 amide bonds. The molecule has 1 aliphatic heterocycles. The van der Waals surface area contributed by atoms with Crippen molar-refractivity contribution < 1.29 is 14.3 Å². The fourth-order valence-electron chi connectivity index (χ4n) is 2.40. The molecular formula is C14H21N3O4S. The van der Waals surface area contributed by atoms with E-state index in [1.165, 1.54) is 4.57 Å². The van der Waals surface area contributed by atoms with Crippen LogP contribution in [0.5, 0.6) is 0 Å². The molecule has 0 spiro atoms. The van der Waals surface area contributed by atoms with Crippen LogP contribution in [0.15, 0.2) is 4.79 Å². The van der Waals surface area contributed by atoms with Crippen molar-refractivity contribution >= 4 is 23.3 Å². The molecule has 2 rings (SSSR count). The first-order valence-corrected chi connectivity index (χ1v) is 8.14. The Morgan fingerprint density at radius 2 is 2.00 bits per heavy atom. The van der Waals surface area contributed by atoms with E-state index in [4.69, 9.17) is 4.74 Å². The minimum absolute atomic E-state index is 0.0140. The van der Waals surface area contributed by atoms with Crippen molar-refractivity contribution in [1.82, 2.24) is 14.8 Å². The van der Waals surface area contributed by atoms with Gasteiger partial charge in [0.15, 0.2) is 0 Å². The van der Waals surface area contributed by atoms with Gasteiger partial charge in [0.05, 0.1) is 6.61 Å². The quantitative estimate of drug-likeness (QED) is 0.902. The zero-order valence-electron chi connectivity index (χ0n) is 13.0. The van der Waals surface area contributed by atoms with Crippen LogP contribution in [0.2, 0.25) is 0 Å². The van der Waals surface area contributed by atoms with Gasteiger partial charge in [0, 0.05) is 31.9 Å². The predicted octanol–water partition coefficient (Wildman–Crippen LogP) is 1.11. The minimum Gasteiger partial charge on any atom is -0.450 e. The maximum absolute atomic E-state index is 12.3. The van der Waals surface area contributed by atoms with Gasteiger partial charge in [-0.25, -0.2) is 4.79 Å². The molecule has 0 aliphatic carbocycles. The number of carbonyl (C=O) groups is 2. The lowest BCUT2D eigenvalue weighted by molar-refractivity contribution is 0.0862. The van der Waals surface area contributed by atoms with Crippen molar-refractivity contribution in [3.63, 3.8) is 0 Å². The molecular weight excluding hydrogens is 306 g/mol. The lowest BCUT2D eigenvalue weighted by Gasteiger charge is -2.31. The smallest absolute Gasteiger partial charge is 0.409 e. The number of hydrogen-bond acceptors (Lipinski definition) is 5. The van der Waals surface area contributed by atoms with Gasteiger partial charge in [-0.05, 0) is 26.7 Å². The third-order valence-corrected chi connectivity index (χ3v) is 4.99. The van der Waals surface area contributed by atoms with E-state index in [1.807, 2.05) is 0 Å². The summed E-state index contributed by atoms with van der Waals surface area (Å²) in [6.45, 7) is 5.03. The van der Waals surface area contributed by atoms with E-state index in [1.54, 1.807) is 25.8 Å². The second-order valence-electron chi connectivity index (χ2n) is 5.28. The highest BCUT2D eigenvalue weighted by Crippen LogP contribution is 2.15. The second-order valence-corrected chi connectivity index (χ2v) is 6.24. The largest absolute Gasteiger partial charge is 0.450 e. The van der Waals surface area contributed by atoms with Crippen molar-refractivity contribution in [2.24, 2.45) is 7.05 Å². The van der Waals surface area contributed by atoms with Crippen LogP contribution in [0, 0.1) is 6.92 Å². The maximum Gasteiger partial charge on any atom is 0.409 e. The standard InChI is InChI=1S/C14H21N3O4S/c1-4-21-13(19)17-7-5-10(6-8-17)15-12(18)11-9(2)16(3)14(20)22-11/h10H,4-8H2,1-3H3,(H,15,18). The first-order chi connectivity index (χ1) is 10.4. The SMILES string of the molecule is CCOC(=O)N1CCC(NC(=O)c2sc(=O)n(C)c2C)CC1. The molecule has 1 aromatic rings. The van der Waals surface area contributed by atoms with Crippen LogP contribution in [0.4, 0.5) is 4.79 Å². The zero-order valence-corrected chi connectivity index (χ0v) is 13.9. The van der Waals surface area contributed by atoms with Crippen molar-refractivity contribution in [3.8, 4) is 0 Å². The topological polar surface area (TPSA) is 80.6 Å². The van der Waals surface area contributed by atoms with Gasteiger partial charge in [-0.2, -0.15) is 0 Å². The van der Waals surface area contributed by atoms with Crippen LogP contribution in [0.25, 0.3) is 0 Å². The maximum atomic E-state index is 12.3. The highest BCUT2D eigenvalue weighted by atomic mass is 32.1. The average molecular weight is 327 g/mol. The number of amides is 2. The fraction of sp³-hybridized carbons (Fsp3) is 0.643. The molecule has 0 radical (unpaired) electrons. The molecule has 7 nitrogen and oxygen atoms in total. The van der Waals surface area contributed by atoms with E-state index < -0.39 is 0 Å². The Bertz CT molecular complexity index is 614. The van der Waals surface area contributed by atoms with Gasteiger partial charge < -0.3 is 19.5 Å². The number of hydrogen-bond donors (Lipinski definition) is 1. The summed E-state index contributed by atoms with van der Waals surface area (Å²) in [5.74, 6) is -0.213. The van der Waals surface area contributed by atoms with Gasteiger partial charge in [-0.15, -0.1) is 0 Å². The van der Waals surface area contributed by atoms with Crippen molar-refractivity contribution in [2.45, 2.75) is 32.7 Å². The Hall–Kier alpha value is -1.83. The predicted molar refractivity (Wildman–Crippen MR) is 83.4 cm³/mol. The third kappa shape index (κ3) is 3.49. The van der Waals surface area contributed by atoms with Crippen molar-refractivity contribution in [2.75, 3.05) is 19.7 Å². The molecule has 0 bridgehead atoms. The Morgan fingerprint density at radius 1 is 1.36 bits per heavy atom. The van der Waals surface area contributed by atoms with Crippen LogP contribution in [0.3, 0.4) is 0 Å².